The van der Waals surface area contributed by atoms with Gasteiger partial charge in [0.25, 0.3) is 5.79 Å². The van der Waals surface area contributed by atoms with Gasteiger partial charge in [-0.1, -0.05) is 97.9 Å². The molecule has 2 aliphatic rings. The Labute approximate surface area is 200 Å². The molecule has 0 amide bonds. The van der Waals surface area contributed by atoms with Crippen molar-refractivity contribution in [2.24, 2.45) is 10.8 Å². The lowest BCUT2D eigenvalue weighted by atomic mass is 9.55. The first-order chi connectivity index (χ1) is 15.1. The summed E-state index contributed by atoms with van der Waals surface area (Å²) in [5, 5.41) is 0.108. The molecule has 2 saturated heterocycles. The number of fused-ring (bicyclic) bond motifs is 1. The minimum Gasteiger partial charge on any atom is -0.543 e. The molecule has 2 aromatic rings. The lowest BCUT2D eigenvalue weighted by Gasteiger charge is -2.61. The Kier molecular flexibility index (Phi) is 5.50. The Morgan fingerprint density at radius 2 is 1.48 bits per heavy atom. The van der Waals surface area contributed by atoms with Crippen LogP contribution in [0.4, 0.5) is 0 Å². The fourth-order valence-corrected chi connectivity index (χ4v) is 6.58. The lowest BCUT2D eigenvalue weighted by molar-refractivity contribution is -0.627. The Balaban J connectivity index is 1.83. The Morgan fingerprint density at radius 1 is 0.848 bits per heavy atom. The molecule has 2 heterocycles. The van der Waals surface area contributed by atoms with Gasteiger partial charge in [0.05, 0.1) is 6.10 Å². The summed E-state index contributed by atoms with van der Waals surface area (Å²) in [5.74, 6) is -0.168. The van der Waals surface area contributed by atoms with Crippen molar-refractivity contribution in [3.05, 3.63) is 65.7 Å². The molecule has 2 fully saturated rings. The summed E-state index contributed by atoms with van der Waals surface area (Å²) in [7, 11) is -1.99. The van der Waals surface area contributed by atoms with Crippen molar-refractivity contribution in [1.82, 2.24) is 0 Å². The normalized spacial score (nSPS) is 29.3. The predicted octanol–water partition coefficient (Wildman–Crippen LogP) is 7.77. The quantitative estimate of drug-likeness (QED) is 0.339. The van der Waals surface area contributed by atoms with Gasteiger partial charge in [0, 0.05) is 16.4 Å². The van der Waals surface area contributed by atoms with Gasteiger partial charge in [0.15, 0.2) is 5.60 Å². The van der Waals surface area contributed by atoms with E-state index in [4.69, 9.17) is 18.9 Å². The van der Waals surface area contributed by atoms with E-state index in [9.17, 15) is 0 Å². The first-order valence-electron chi connectivity index (χ1n) is 12.0. The molecule has 0 aromatic heterocycles. The van der Waals surface area contributed by atoms with Gasteiger partial charge < -0.3 is 9.16 Å². The molecule has 3 unspecified atom stereocenters. The molecule has 3 atom stereocenters. The van der Waals surface area contributed by atoms with Gasteiger partial charge in [-0.2, -0.15) is 4.89 Å². The third-order valence-electron chi connectivity index (χ3n) is 8.15. The second-order valence-electron chi connectivity index (χ2n) is 12.7. The number of ether oxygens (including phenoxy) is 1. The molecule has 0 radical (unpaired) electrons. The zero-order valence-corrected chi connectivity index (χ0v) is 22.9. The number of hydrogen-bond acceptors (Lipinski definition) is 4. The molecule has 4 rings (SSSR count). The molecule has 33 heavy (non-hydrogen) atoms. The zero-order chi connectivity index (χ0) is 24.5. The van der Waals surface area contributed by atoms with Crippen LogP contribution in [0.3, 0.4) is 0 Å². The van der Waals surface area contributed by atoms with E-state index in [2.05, 4.69) is 105 Å². The van der Waals surface area contributed by atoms with E-state index < -0.39 is 19.7 Å². The highest BCUT2D eigenvalue weighted by Gasteiger charge is 2.84. The molecule has 0 spiro atoms. The van der Waals surface area contributed by atoms with E-state index >= 15 is 0 Å². The van der Waals surface area contributed by atoms with Crippen molar-refractivity contribution in [2.75, 3.05) is 0 Å². The predicted molar refractivity (Wildman–Crippen MR) is 134 cm³/mol. The zero-order valence-electron chi connectivity index (χ0n) is 21.9. The first-order valence-corrected chi connectivity index (χ1v) is 14.9. The number of hydrogen-bond donors (Lipinski definition) is 0. The summed E-state index contributed by atoms with van der Waals surface area (Å²) in [6, 6.07) is 18.6. The van der Waals surface area contributed by atoms with Crippen LogP contribution in [0, 0.1) is 10.8 Å². The van der Waals surface area contributed by atoms with Crippen LogP contribution in [0.2, 0.25) is 18.1 Å². The molecule has 0 N–H and O–H groups in total. The monoisotopic (exact) mass is 468 g/mol. The summed E-state index contributed by atoms with van der Waals surface area (Å²) in [5.41, 5.74) is 0.755. The van der Waals surface area contributed by atoms with Gasteiger partial charge in [-0.05, 0) is 35.8 Å². The van der Waals surface area contributed by atoms with Crippen molar-refractivity contribution < 1.29 is 18.9 Å². The van der Waals surface area contributed by atoms with E-state index in [-0.39, 0.29) is 22.0 Å². The summed E-state index contributed by atoms with van der Waals surface area (Å²) in [6.07, 6.45) is -0.189. The van der Waals surface area contributed by atoms with Crippen LogP contribution in [-0.2, 0) is 20.3 Å². The highest BCUT2D eigenvalue weighted by Crippen LogP contribution is 2.74. The molecular weight excluding hydrogens is 428 g/mol. The van der Waals surface area contributed by atoms with Crippen molar-refractivity contribution in [3.8, 4) is 5.75 Å². The van der Waals surface area contributed by atoms with Crippen molar-refractivity contribution in [1.29, 1.82) is 0 Å². The van der Waals surface area contributed by atoms with E-state index in [0.29, 0.717) is 0 Å². The molecule has 0 saturated carbocycles. The van der Waals surface area contributed by atoms with Crippen LogP contribution < -0.4 is 4.43 Å². The SMILES string of the molecule is CC(C)(C)C12OOC1(c1cccc(O[Si](C)(C)C(C)(C)C)c1)OC(c1ccccc1)C2(C)C. The van der Waals surface area contributed by atoms with Crippen LogP contribution in [0.25, 0.3) is 0 Å². The van der Waals surface area contributed by atoms with Gasteiger partial charge in [-0.15, -0.1) is 0 Å². The van der Waals surface area contributed by atoms with Crippen molar-refractivity contribution in [3.63, 3.8) is 0 Å². The van der Waals surface area contributed by atoms with Crippen molar-refractivity contribution >= 4 is 8.32 Å². The maximum absolute atomic E-state index is 6.93. The smallest absolute Gasteiger partial charge is 0.262 e. The second kappa shape index (κ2) is 7.42. The molecule has 0 aliphatic carbocycles. The molecule has 5 heteroatoms. The fourth-order valence-electron chi connectivity index (χ4n) is 5.56. The van der Waals surface area contributed by atoms with Crippen LogP contribution in [0.15, 0.2) is 54.6 Å². The Morgan fingerprint density at radius 3 is 2.00 bits per heavy atom. The topological polar surface area (TPSA) is 36.9 Å². The summed E-state index contributed by atoms with van der Waals surface area (Å²) in [6.45, 7) is 22.4. The minimum atomic E-state index is -1.99. The number of rotatable bonds is 4. The van der Waals surface area contributed by atoms with E-state index in [0.717, 1.165) is 16.9 Å². The van der Waals surface area contributed by atoms with Gasteiger partial charge in [-0.3, -0.25) is 0 Å². The minimum absolute atomic E-state index is 0.108. The summed E-state index contributed by atoms with van der Waals surface area (Å²) < 4.78 is 13.6. The van der Waals surface area contributed by atoms with Crippen LogP contribution >= 0.6 is 0 Å². The molecule has 4 nitrogen and oxygen atoms in total. The first kappa shape index (κ1) is 24.5. The highest BCUT2D eigenvalue weighted by atomic mass is 28.4. The summed E-state index contributed by atoms with van der Waals surface area (Å²) >= 11 is 0. The second-order valence-corrected chi connectivity index (χ2v) is 17.5. The van der Waals surface area contributed by atoms with Crippen LogP contribution in [0.1, 0.15) is 72.6 Å². The van der Waals surface area contributed by atoms with Crippen LogP contribution in [0.5, 0.6) is 5.75 Å². The van der Waals surface area contributed by atoms with Gasteiger partial charge >= 0.3 is 0 Å². The highest BCUT2D eigenvalue weighted by molar-refractivity contribution is 6.74. The maximum Gasteiger partial charge on any atom is 0.262 e. The average Bonchev–Trinajstić information content (AvgIpc) is 2.80. The molecule has 2 aromatic carbocycles. The van der Waals surface area contributed by atoms with Crippen LogP contribution in [-0.4, -0.2) is 13.9 Å². The van der Waals surface area contributed by atoms with E-state index in [1.165, 1.54) is 0 Å². The van der Waals surface area contributed by atoms with E-state index in [1.807, 2.05) is 18.2 Å². The van der Waals surface area contributed by atoms with Crippen molar-refractivity contribution in [2.45, 2.75) is 91.0 Å². The Bertz CT molecular complexity index is 1020. The molecular formula is C28H40O4Si. The molecule has 0 bridgehead atoms. The Hall–Kier alpha value is -1.66. The van der Waals surface area contributed by atoms with Gasteiger partial charge in [0.2, 0.25) is 8.32 Å². The van der Waals surface area contributed by atoms with Gasteiger partial charge in [-0.25, -0.2) is 4.89 Å². The third-order valence-corrected chi connectivity index (χ3v) is 12.5. The largest absolute Gasteiger partial charge is 0.543 e. The summed E-state index contributed by atoms with van der Waals surface area (Å²) in [4.78, 5) is 12.2. The van der Waals surface area contributed by atoms with Gasteiger partial charge in [0.1, 0.15) is 5.75 Å². The standard InChI is InChI=1S/C28H40O4Si/c1-24(2,3)28-26(7,8)23(20-15-12-11-13-16-20)29-27(28,31-32-28)21-17-14-18-22(19-21)30-33(9,10)25(4,5)6/h11-19,23H,1-10H3. The van der Waals surface area contributed by atoms with E-state index in [1.54, 1.807) is 0 Å². The average molecular weight is 469 g/mol. The molecule has 180 valence electrons. The third kappa shape index (κ3) is 3.35. The lowest BCUT2D eigenvalue weighted by Crippen LogP contribution is -2.73. The maximum atomic E-state index is 6.93. The number of benzene rings is 2. The molecule has 2 aliphatic heterocycles. The fraction of sp³-hybridized carbons (Fsp3) is 0.571.